The molecule has 0 saturated heterocycles. The Morgan fingerprint density at radius 1 is 1.47 bits per heavy atom. The van der Waals surface area contributed by atoms with Gasteiger partial charge in [0, 0.05) is 6.54 Å². The van der Waals surface area contributed by atoms with E-state index in [2.05, 4.69) is 39.1 Å². The average Bonchev–Trinajstić information content (AvgIpc) is 2.67. The topological polar surface area (TPSA) is 25.2 Å². The van der Waals surface area contributed by atoms with E-state index in [1.54, 1.807) is 6.26 Å². The third-order valence-electron chi connectivity index (χ3n) is 3.36. The van der Waals surface area contributed by atoms with Gasteiger partial charge in [0.25, 0.3) is 0 Å². The van der Waals surface area contributed by atoms with E-state index in [9.17, 15) is 0 Å². The summed E-state index contributed by atoms with van der Waals surface area (Å²) in [6.07, 6.45) is 4.68. The minimum Gasteiger partial charge on any atom is -0.472 e. The molecule has 2 heteroatoms. The van der Waals surface area contributed by atoms with E-state index in [-0.39, 0.29) is 0 Å². The molecule has 1 N–H and O–H groups in total. The first-order chi connectivity index (χ1) is 7.08. The molecule has 0 amide bonds. The Labute approximate surface area is 93.1 Å². The van der Waals surface area contributed by atoms with Crippen molar-refractivity contribution in [3.05, 3.63) is 24.2 Å². The van der Waals surface area contributed by atoms with E-state index < -0.39 is 0 Å². The molecule has 1 aromatic heterocycles. The normalized spacial score (nSPS) is 15.5. The Bertz CT molecular complexity index is 266. The molecule has 2 nitrogen and oxygen atoms in total. The largest absolute Gasteiger partial charge is 0.472 e. The Morgan fingerprint density at radius 2 is 2.20 bits per heavy atom. The van der Waals surface area contributed by atoms with Crippen LogP contribution in [0.3, 0.4) is 0 Å². The lowest BCUT2D eigenvalue weighted by Crippen LogP contribution is -2.37. The van der Waals surface area contributed by atoms with Gasteiger partial charge in [-0.05, 0) is 35.9 Å². The predicted molar refractivity (Wildman–Crippen MR) is 63.9 cm³/mol. The van der Waals surface area contributed by atoms with Crippen LogP contribution in [0.25, 0.3) is 0 Å². The second kappa shape index (κ2) is 5.36. The summed E-state index contributed by atoms with van der Waals surface area (Å²) in [5, 5.41) is 3.45. The summed E-state index contributed by atoms with van der Waals surface area (Å²) in [5.74, 6) is 0.659. The number of hydrogen-bond acceptors (Lipinski definition) is 2. The van der Waals surface area contributed by atoms with Crippen molar-refractivity contribution in [3.8, 4) is 0 Å². The third-order valence-corrected chi connectivity index (χ3v) is 3.36. The monoisotopic (exact) mass is 209 g/mol. The second-order valence-electron chi connectivity index (χ2n) is 4.90. The quantitative estimate of drug-likeness (QED) is 0.779. The SMILES string of the molecule is CCNCC(C)(Cc1ccoc1)C(C)C. The van der Waals surface area contributed by atoms with E-state index in [1.165, 1.54) is 5.56 Å². The van der Waals surface area contributed by atoms with Crippen LogP contribution < -0.4 is 5.32 Å². The number of hydrogen-bond donors (Lipinski definition) is 1. The van der Waals surface area contributed by atoms with Crippen molar-refractivity contribution in [2.45, 2.75) is 34.1 Å². The molecule has 0 saturated carbocycles. The standard InChI is InChI=1S/C13H23NO/c1-5-14-10-13(4,11(2)3)8-12-6-7-15-9-12/h6-7,9,11,14H,5,8,10H2,1-4H3. The molecule has 0 aliphatic carbocycles. The van der Waals surface area contributed by atoms with Crippen LogP contribution >= 0.6 is 0 Å². The Balaban J connectivity index is 2.64. The van der Waals surface area contributed by atoms with Crippen molar-refractivity contribution in [2.75, 3.05) is 13.1 Å². The van der Waals surface area contributed by atoms with E-state index >= 15 is 0 Å². The van der Waals surface area contributed by atoms with Crippen LogP contribution in [-0.4, -0.2) is 13.1 Å². The van der Waals surface area contributed by atoms with E-state index in [4.69, 9.17) is 4.42 Å². The highest BCUT2D eigenvalue weighted by Gasteiger charge is 2.28. The van der Waals surface area contributed by atoms with Gasteiger partial charge in [0.05, 0.1) is 12.5 Å². The van der Waals surface area contributed by atoms with Gasteiger partial charge in [-0.25, -0.2) is 0 Å². The fraction of sp³-hybridized carbons (Fsp3) is 0.692. The highest BCUT2D eigenvalue weighted by Crippen LogP contribution is 2.30. The molecule has 0 spiro atoms. The highest BCUT2D eigenvalue weighted by molar-refractivity contribution is 5.09. The molecular formula is C13H23NO. The Morgan fingerprint density at radius 3 is 2.67 bits per heavy atom. The summed E-state index contributed by atoms with van der Waals surface area (Å²) >= 11 is 0. The van der Waals surface area contributed by atoms with Gasteiger partial charge in [0.1, 0.15) is 0 Å². The number of rotatable bonds is 6. The maximum atomic E-state index is 5.12. The van der Waals surface area contributed by atoms with Gasteiger partial charge in [-0.1, -0.05) is 27.7 Å². The zero-order valence-corrected chi connectivity index (χ0v) is 10.3. The number of nitrogens with one attached hydrogen (secondary N) is 1. The first-order valence-electron chi connectivity index (χ1n) is 5.80. The van der Waals surface area contributed by atoms with E-state index in [1.807, 2.05) is 6.26 Å². The molecule has 0 aliphatic rings. The summed E-state index contributed by atoms with van der Waals surface area (Å²) in [6, 6.07) is 2.06. The smallest absolute Gasteiger partial charge is 0.0934 e. The molecule has 1 aromatic rings. The van der Waals surface area contributed by atoms with Crippen LogP contribution in [0.4, 0.5) is 0 Å². The maximum absolute atomic E-state index is 5.12. The Hall–Kier alpha value is -0.760. The molecule has 0 fully saturated rings. The van der Waals surface area contributed by atoms with Crippen molar-refractivity contribution >= 4 is 0 Å². The fourth-order valence-electron chi connectivity index (χ4n) is 1.74. The third kappa shape index (κ3) is 3.38. The zero-order chi connectivity index (χ0) is 11.3. The van der Waals surface area contributed by atoms with Crippen LogP contribution in [0.5, 0.6) is 0 Å². The average molecular weight is 209 g/mol. The zero-order valence-electron chi connectivity index (χ0n) is 10.3. The molecule has 86 valence electrons. The van der Waals surface area contributed by atoms with Gasteiger partial charge >= 0.3 is 0 Å². The van der Waals surface area contributed by atoms with Gasteiger partial charge in [0.15, 0.2) is 0 Å². The fourth-order valence-corrected chi connectivity index (χ4v) is 1.74. The van der Waals surface area contributed by atoms with Gasteiger partial charge in [0.2, 0.25) is 0 Å². The van der Waals surface area contributed by atoms with Crippen molar-refractivity contribution < 1.29 is 4.42 Å². The van der Waals surface area contributed by atoms with E-state index in [0.29, 0.717) is 11.3 Å². The lowest BCUT2D eigenvalue weighted by Gasteiger charge is -2.33. The summed E-state index contributed by atoms with van der Waals surface area (Å²) in [6.45, 7) is 11.2. The molecule has 1 heterocycles. The summed E-state index contributed by atoms with van der Waals surface area (Å²) in [5.41, 5.74) is 1.60. The van der Waals surface area contributed by atoms with Crippen molar-refractivity contribution in [2.24, 2.45) is 11.3 Å². The minimum atomic E-state index is 0.305. The molecule has 15 heavy (non-hydrogen) atoms. The molecular weight excluding hydrogens is 186 g/mol. The first-order valence-corrected chi connectivity index (χ1v) is 5.80. The van der Waals surface area contributed by atoms with Crippen LogP contribution in [0.15, 0.2) is 23.0 Å². The summed E-state index contributed by atoms with van der Waals surface area (Å²) < 4.78 is 5.12. The van der Waals surface area contributed by atoms with Crippen molar-refractivity contribution in [1.29, 1.82) is 0 Å². The van der Waals surface area contributed by atoms with Crippen LogP contribution in [0, 0.1) is 11.3 Å². The van der Waals surface area contributed by atoms with Crippen molar-refractivity contribution in [1.82, 2.24) is 5.32 Å². The van der Waals surface area contributed by atoms with Gasteiger partial charge in [-0.15, -0.1) is 0 Å². The summed E-state index contributed by atoms with van der Waals surface area (Å²) in [4.78, 5) is 0. The molecule has 0 aliphatic heterocycles. The van der Waals surface area contributed by atoms with Gasteiger partial charge < -0.3 is 9.73 Å². The lowest BCUT2D eigenvalue weighted by atomic mass is 9.74. The maximum Gasteiger partial charge on any atom is 0.0934 e. The highest BCUT2D eigenvalue weighted by atomic mass is 16.3. The molecule has 1 atom stereocenters. The van der Waals surface area contributed by atoms with Crippen LogP contribution in [-0.2, 0) is 6.42 Å². The van der Waals surface area contributed by atoms with Crippen LogP contribution in [0.2, 0.25) is 0 Å². The molecule has 1 rings (SSSR count). The first kappa shape index (κ1) is 12.3. The van der Waals surface area contributed by atoms with Crippen molar-refractivity contribution in [3.63, 3.8) is 0 Å². The predicted octanol–water partition coefficient (Wildman–Crippen LogP) is 3.09. The molecule has 0 radical (unpaired) electrons. The van der Waals surface area contributed by atoms with E-state index in [0.717, 1.165) is 19.5 Å². The van der Waals surface area contributed by atoms with Crippen LogP contribution in [0.1, 0.15) is 33.3 Å². The molecule has 0 aromatic carbocycles. The minimum absolute atomic E-state index is 0.305. The number of furan rings is 1. The molecule has 0 bridgehead atoms. The Kier molecular flexibility index (Phi) is 4.40. The van der Waals surface area contributed by atoms with Gasteiger partial charge in [-0.2, -0.15) is 0 Å². The second-order valence-corrected chi connectivity index (χ2v) is 4.90. The summed E-state index contributed by atoms with van der Waals surface area (Å²) in [7, 11) is 0. The molecule has 1 unspecified atom stereocenters. The van der Waals surface area contributed by atoms with Gasteiger partial charge in [-0.3, -0.25) is 0 Å². The lowest BCUT2D eigenvalue weighted by molar-refractivity contribution is 0.208.